The average Bonchev–Trinajstić information content (AvgIpc) is 3.23. The van der Waals surface area contributed by atoms with Gasteiger partial charge >= 0.3 is 6.03 Å². The number of nitrogens with one attached hydrogen (secondary N) is 2. The lowest BCUT2D eigenvalue weighted by Gasteiger charge is -2.12. The fourth-order valence-electron chi connectivity index (χ4n) is 2.67. The SMILES string of the molecule is CC(NC(=O)NCCc1ccc(OCc2ccccc2)cc1)c1ccco1. The Balaban J connectivity index is 1.37. The van der Waals surface area contributed by atoms with Gasteiger partial charge in [-0.1, -0.05) is 42.5 Å². The number of carbonyl (C=O) groups excluding carboxylic acids is 1. The molecule has 0 aliphatic heterocycles. The lowest BCUT2D eigenvalue weighted by molar-refractivity contribution is 0.236. The Labute approximate surface area is 159 Å². The van der Waals surface area contributed by atoms with Crippen LogP contribution in [0, 0.1) is 0 Å². The van der Waals surface area contributed by atoms with E-state index >= 15 is 0 Å². The van der Waals surface area contributed by atoms with Crippen LogP contribution >= 0.6 is 0 Å². The molecule has 2 N–H and O–H groups in total. The van der Waals surface area contributed by atoms with Crippen LogP contribution in [0.15, 0.2) is 77.4 Å². The minimum atomic E-state index is -0.207. The zero-order chi connectivity index (χ0) is 18.9. The summed E-state index contributed by atoms with van der Waals surface area (Å²) in [6.45, 7) is 2.99. The predicted molar refractivity (Wildman–Crippen MR) is 105 cm³/mol. The van der Waals surface area contributed by atoms with E-state index in [1.807, 2.05) is 67.6 Å². The van der Waals surface area contributed by atoms with Gasteiger partial charge in [0, 0.05) is 6.54 Å². The molecule has 5 nitrogen and oxygen atoms in total. The standard InChI is InChI=1S/C22H24N2O3/c1-17(21-8-5-15-26-21)24-22(25)23-14-13-18-9-11-20(12-10-18)27-16-19-6-3-2-4-7-19/h2-12,15,17H,13-14,16H2,1H3,(H2,23,24,25). The molecule has 1 atom stereocenters. The maximum Gasteiger partial charge on any atom is 0.315 e. The first-order valence-corrected chi connectivity index (χ1v) is 9.04. The Hall–Kier alpha value is -3.21. The van der Waals surface area contributed by atoms with Gasteiger partial charge in [0.15, 0.2) is 0 Å². The van der Waals surface area contributed by atoms with Crippen LogP contribution in [-0.4, -0.2) is 12.6 Å². The van der Waals surface area contributed by atoms with E-state index in [0.29, 0.717) is 13.2 Å². The van der Waals surface area contributed by atoms with Gasteiger partial charge in [-0.25, -0.2) is 4.79 Å². The fourth-order valence-corrected chi connectivity index (χ4v) is 2.67. The molecule has 140 valence electrons. The highest BCUT2D eigenvalue weighted by molar-refractivity contribution is 5.74. The van der Waals surface area contributed by atoms with Gasteiger partial charge < -0.3 is 19.8 Å². The fraction of sp³-hybridized carbons (Fsp3) is 0.227. The Bertz CT molecular complexity index is 815. The third-order valence-electron chi connectivity index (χ3n) is 4.19. The van der Waals surface area contributed by atoms with Crippen molar-refractivity contribution in [1.82, 2.24) is 10.6 Å². The highest BCUT2D eigenvalue weighted by Crippen LogP contribution is 2.15. The summed E-state index contributed by atoms with van der Waals surface area (Å²) in [5.74, 6) is 1.57. The summed E-state index contributed by atoms with van der Waals surface area (Å²) in [5.41, 5.74) is 2.28. The molecule has 5 heteroatoms. The predicted octanol–water partition coefficient (Wildman–Crippen LogP) is 4.46. The quantitative estimate of drug-likeness (QED) is 0.620. The molecular formula is C22H24N2O3. The van der Waals surface area contributed by atoms with Crippen LogP contribution in [0.5, 0.6) is 5.75 Å². The number of furan rings is 1. The normalized spacial score (nSPS) is 11.6. The molecule has 1 aromatic heterocycles. The van der Waals surface area contributed by atoms with Crippen LogP contribution in [0.3, 0.4) is 0 Å². The van der Waals surface area contributed by atoms with Gasteiger partial charge in [0.2, 0.25) is 0 Å². The molecule has 2 amide bonds. The molecule has 3 rings (SSSR count). The molecule has 0 aliphatic carbocycles. The summed E-state index contributed by atoms with van der Waals surface area (Å²) in [4.78, 5) is 11.9. The van der Waals surface area contributed by atoms with E-state index in [1.54, 1.807) is 12.3 Å². The Kier molecular flexibility index (Phi) is 6.52. The molecule has 0 aliphatic rings. The van der Waals surface area contributed by atoms with Crippen LogP contribution in [0.2, 0.25) is 0 Å². The van der Waals surface area contributed by atoms with Crippen molar-refractivity contribution in [1.29, 1.82) is 0 Å². The molecule has 0 radical (unpaired) electrons. The number of rotatable bonds is 8. The van der Waals surface area contributed by atoms with Crippen molar-refractivity contribution in [2.75, 3.05) is 6.54 Å². The van der Waals surface area contributed by atoms with E-state index in [9.17, 15) is 4.79 Å². The van der Waals surface area contributed by atoms with Gasteiger partial charge in [0.25, 0.3) is 0 Å². The molecule has 0 fully saturated rings. The van der Waals surface area contributed by atoms with Gasteiger partial charge in [-0.15, -0.1) is 0 Å². The molecule has 0 bridgehead atoms. The van der Waals surface area contributed by atoms with E-state index in [1.165, 1.54) is 0 Å². The van der Waals surface area contributed by atoms with Crippen molar-refractivity contribution in [3.05, 3.63) is 89.9 Å². The molecule has 0 saturated heterocycles. The summed E-state index contributed by atoms with van der Waals surface area (Å²) in [6, 6.07) is 21.3. The second kappa shape index (κ2) is 9.48. The Morgan fingerprint density at radius 3 is 2.48 bits per heavy atom. The largest absolute Gasteiger partial charge is 0.489 e. The van der Waals surface area contributed by atoms with Crippen molar-refractivity contribution in [2.45, 2.75) is 26.0 Å². The van der Waals surface area contributed by atoms with Crippen LogP contribution in [0.4, 0.5) is 4.79 Å². The maximum atomic E-state index is 11.9. The Morgan fingerprint density at radius 2 is 1.78 bits per heavy atom. The summed E-state index contributed by atoms with van der Waals surface area (Å²) < 4.78 is 11.1. The Morgan fingerprint density at radius 1 is 1.00 bits per heavy atom. The van der Waals surface area contributed by atoms with Crippen LogP contribution < -0.4 is 15.4 Å². The number of benzene rings is 2. The lowest BCUT2D eigenvalue weighted by atomic mass is 10.1. The van der Waals surface area contributed by atoms with Crippen molar-refractivity contribution >= 4 is 6.03 Å². The summed E-state index contributed by atoms with van der Waals surface area (Å²) in [7, 11) is 0. The highest BCUT2D eigenvalue weighted by atomic mass is 16.5. The van der Waals surface area contributed by atoms with Gasteiger partial charge in [-0.05, 0) is 48.7 Å². The van der Waals surface area contributed by atoms with Gasteiger partial charge in [0.1, 0.15) is 18.1 Å². The smallest absolute Gasteiger partial charge is 0.315 e. The maximum absolute atomic E-state index is 11.9. The second-order valence-corrected chi connectivity index (χ2v) is 6.31. The number of amides is 2. The molecule has 1 unspecified atom stereocenters. The van der Waals surface area contributed by atoms with E-state index in [4.69, 9.17) is 9.15 Å². The minimum Gasteiger partial charge on any atom is -0.489 e. The van der Waals surface area contributed by atoms with Crippen molar-refractivity contribution < 1.29 is 13.9 Å². The molecule has 0 saturated carbocycles. The number of hydrogen-bond donors (Lipinski definition) is 2. The van der Waals surface area contributed by atoms with Gasteiger partial charge in [-0.3, -0.25) is 0 Å². The average molecular weight is 364 g/mol. The van der Waals surface area contributed by atoms with E-state index in [-0.39, 0.29) is 12.1 Å². The first kappa shape index (κ1) is 18.6. The zero-order valence-electron chi connectivity index (χ0n) is 15.4. The number of carbonyl (C=O) groups is 1. The molecule has 3 aromatic rings. The topological polar surface area (TPSA) is 63.5 Å². The van der Waals surface area contributed by atoms with E-state index < -0.39 is 0 Å². The summed E-state index contributed by atoms with van der Waals surface area (Å²) in [6.07, 6.45) is 2.35. The van der Waals surface area contributed by atoms with Crippen LogP contribution in [0.1, 0.15) is 29.9 Å². The van der Waals surface area contributed by atoms with Crippen molar-refractivity contribution in [2.24, 2.45) is 0 Å². The molecule has 27 heavy (non-hydrogen) atoms. The summed E-state index contributed by atoms with van der Waals surface area (Å²) in [5, 5.41) is 5.71. The number of ether oxygens (including phenoxy) is 1. The van der Waals surface area contributed by atoms with Crippen molar-refractivity contribution in [3.63, 3.8) is 0 Å². The minimum absolute atomic E-state index is 0.166. The van der Waals surface area contributed by atoms with Crippen molar-refractivity contribution in [3.8, 4) is 5.75 Å². The zero-order valence-corrected chi connectivity index (χ0v) is 15.4. The highest BCUT2D eigenvalue weighted by Gasteiger charge is 2.10. The summed E-state index contributed by atoms with van der Waals surface area (Å²) >= 11 is 0. The first-order valence-electron chi connectivity index (χ1n) is 9.04. The third kappa shape index (κ3) is 5.92. The number of urea groups is 1. The number of hydrogen-bond acceptors (Lipinski definition) is 3. The second-order valence-electron chi connectivity index (χ2n) is 6.31. The van der Waals surface area contributed by atoms with E-state index in [0.717, 1.165) is 29.1 Å². The van der Waals surface area contributed by atoms with Gasteiger partial charge in [-0.2, -0.15) is 0 Å². The van der Waals surface area contributed by atoms with Crippen LogP contribution in [-0.2, 0) is 13.0 Å². The lowest BCUT2D eigenvalue weighted by Crippen LogP contribution is -2.37. The molecule has 0 spiro atoms. The first-order chi connectivity index (χ1) is 13.2. The van der Waals surface area contributed by atoms with Crippen LogP contribution in [0.25, 0.3) is 0 Å². The monoisotopic (exact) mass is 364 g/mol. The molecular weight excluding hydrogens is 340 g/mol. The third-order valence-corrected chi connectivity index (χ3v) is 4.19. The molecule has 2 aromatic carbocycles. The van der Waals surface area contributed by atoms with E-state index in [2.05, 4.69) is 10.6 Å². The molecule has 1 heterocycles. The van der Waals surface area contributed by atoms with Gasteiger partial charge in [0.05, 0.1) is 12.3 Å².